The van der Waals surface area contributed by atoms with Gasteiger partial charge in [0.05, 0.1) is 18.2 Å². The Bertz CT molecular complexity index is 551. The van der Waals surface area contributed by atoms with Gasteiger partial charge in [0.1, 0.15) is 0 Å². The van der Waals surface area contributed by atoms with E-state index in [4.69, 9.17) is 4.74 Å². The third kappa shape index (κ3) is 3.81. The number of aryl methyl sites for hydroxylation is 1. The van der Waals surface area contributed by atoms with Crippen molar-refractivity contribution >= 4 is 5.91 Å². The SMILES string of the molecule is COCC1(C(=O)N2CCCN(Cc3cnn(C)c3)CC2)CCCC1. The van der Waals surface area contributed by atoms with E-state index in [1.165, 1.54) is 5.56 Å². The van der Waals surface area contributed by atoms with Gasteiger partial charge in [-0.15, -0.1) is 0 Å². The predicted octanol–water partition coefficient (Wildman–Crippen LogP) is 1.66. The van der Waals surface area contributed by atoms with Crippen LogP contribution >= 0.6 is 0 Å². The highest BCUT2D eigenvalue weighted by atomic mass is 16.5. The lowest BCUT2D eigenvalue weighted by molar-refractivity contribution is -0.145. The first kappa shape index (κ1) is 17.4. The van der Waals surface area contributed by atoms with Crippen LogP contribution in [0.4, 0.5) is 0 Å². The van der Waals surface area contributed by atoms with E-state index >= 15 is 0 Å². The van der Waals surface area contributed by atoms with Crippen molar-refractivity contribution in [3.05, 3.63) is 18.0 Å². The summed E-state index contributed by atoms with van der Waals surface area (Å²) in [7, 11) is 3.66. The highest BCUT2D eigenvalue weighted by molar-refractivity contribution is 5.83. The Morgan fingerprint density at radius 3 is 2.67 bits per heavy atom. The van der Waals surface area contributed by atoms with E-state index in [1.807, 2.05) is 17.9 Å². The van der Waals surface area contributed by atoms with Crippen LogP contribution in [0.5, 0.6) is 0 Å². The number of amides is 1. The van der Waals surface area contributed by atoms with Crippen molar-refractivity contribution in [2.24, 2.45) is 12.5 Å². The van der Waals surface area contributed by atoms with Gasteiger partial charge in [-0.25, -0.2) is 0 Å². The van der Waals surface area contributed by atoms with Crippen LogP contribution in [0.25, 0.3) is 0 Å². The second-order valence-electron chi connectivity index (χ2n) is 7.36. The Morgan fingerprint density at radius 1 is 1.21 bits per heavy atom. The van der Waals surface area contributed by atoms with Crippen molar-refractivity contribution < 1.29 is 9.53 Å². The van der Waals surface area contributed by atoms with Crippen LogP contribution in [0, 0.1) is 5.41 Å². The summed E-state index contributed by atoms with van der Waals surface area (Å²) in [6, 6.07) is 0. The van der Waals surface area contributed by atoms with Crippen LogP contribution < -0.4 is 0 Å². The molecule has 0 bridgehead atoms. The molecule has 1 aromatic heterocycles. The molecular weight excluding hydrogens is 304 g/mol. The average Bonchev–Trinajstić information content (AvgIpc) is 3.13. The fourth-order valence-corrected chi connectivity index (χ4v) is 4.23. The minimum atomic E-state index is -0.257. The lowest BCUT2D eigenvalue weighted by atomic mass is 9.85. The van der Waals surface area contributed by atoms with Gasteiger partial charge in [0.15, 0.2) is 0 Å². The van der Waals surface area contributed by atoms with E-state index in [-0.39, 0.29) is 5.41 Å². The monoisotopic (exact) mass is 334 g/mol. The first-order valence-corrected chi connectivity index (χ1v) is 9.11. The van der Waals surface area contributed by atoms with Crippen molar-refractivity contribution in [1.82, 2.24) is 19.6 Å². The zero-order valence-electron chi connectivity index (χ0n) is 15.0. The number of aromatic nitrogens is 2. The molecule has 2 aliphatic rings. The van der Waals surface area contributed by atoms with Crippen LogP contribution in [-0.4, -0.2) is 65.4 Å². The predicted molar refractivity (Wildman–Crippen MR) is 92.5 cm³/mol. The summed E-state index contributed by atoms with van der Waals surface area (Å²) in [6.07, 6.45) is 9.30. The van der Waals surface area contributed by atoms with Gasteiger partial charge in [0.2, 0.25) is 5.91 Å². The molecule has 6 nitrogen and oxygen atoms in total. The summed E-state index contributed by atoms with van der Waals surface area (Å²) < 4.78 is 7.25. The maximum Gasteiger partial charge on any atom is 0.231 e. The minimum Gasteiger partial charge on any atom is -0.384 e. The molecule has 2 heterocycles. The number of hydrogen-bond donors (Lipinski definition) is 0. The van der Waals surface area contributed by atoms with Gasteiger partial charge in [0.25, 0.3) is 0 Å². The number of nitrogens with zero attached hydrogens (tertiary/aromatic N) is 4. The molecule has 0 aromatic carbocycles. The second kappa shape index (κ2) is 7.66. The molecule has 1 aliphatic carbocycles. The topological polar surface area (TPSA) is 50.6 Å². The van der Waals surface area contributed by atoms with Gasteiger partial charge in [-0.05, 0) is 19.3 Å². The molecule has 1 aromatic rings. The van der Waals surface area contributed by atoms with Crippen molar-refractivity contribution in [3.63, 3.8) is 0 Å². The molecule has 1 saturated heterocycles. The first-order valence-electron chi connectivity index (χ1n) is 9.11. The average molecular weight is 334 g/mol. The van der Waals surface area contributed by atoms with E-state index in [0.29, 0.717) is 12.5 Å². The highest BCUT2D eigenvalue weighted by Gasteiger charge is 2.43. The van der Waals surface area contributed by atoms with Gasteiger partial charge in [0, 0.05) is 58.6 Å². The summed E-state index contributed by atoms with van der Waals surface area (Å²) in [5, 5.41) is 4.24. The number of hydrogen-bond acceptors (Lipinski definition) is 4. The van der Waals surface area contributed by atoms with Crippen LogP contribution in [0.3, 0.4) is 0 Å². The normalized spacial score (nSPS) is 21.8. The molecule has 1 amide bonds. The van der Waals surface area contributed by atoms with Crippen LogP contribution in [0.1, 0.15) is 37.7 Å². The van der Waals surface area contributed by atoms with Crippen molar-refractivity contribution in [2.45, 2.75) is 38.6 Å². The molecule has 0 unspecified atom stereocenters. The van der Waals surface area contributed by atoms with E-state index in [9.17, 15) is 4.79 Å². The fraction of sp³-hybridized carbons (Fsp3) is 0.778. The molecule has 1 saturated carbocycles. The summed E-state index contributed by atoms with van der Waals surface area (Å²) >= 11 is 0. The zero-order valence-corrected chi connectivity index (χ0v) is 15.0. The Balaban J connectivity index is 1.59. The highest BCUT2D eigenvalue weighted by Crippen LogP contribution is 2.40. The second-order valence-corrected chi connectivity index (χ2v) is 7.36. The molecule has 1 aliphatic heterocycles. The number of carbonyl (C=O) groups is 1. The van der Waals surface area contributed by atoms with Gasteiger partial charge in [-0.1, -0.05) is 12.8 Å². The number of ether oxygens (including phenoxy) is 1. The maximum atomic E-state index is 13.1. The third-order valence-corrected chi connectivity index (χ3v) is 5.48. The largest absolute Gasteiger partial charge is 0.384 e. The Morgan fingerprint density at radius 2 is 2.00 bits per heavy atom. The third-order valence-electron chi connectivity index (χ3n) is 5.48. The minimum absolute atomic E-state index is 0.257. The first-order chi connectivity index (χ1) is 11.6. The zero-order chi connectivity index (χ0) is 17.0. The summed E-state index contributed by atoms with van der Waals surface area (Å²) in [5.74, 6) is 0.324. The smallest absolute Gasteiger partial charge is 0.231 e. The molecule has 0 N–H and O–H groups in total. The van der Waals surface area contributed by atoms with Crippen LogP contribution in [0.2, 0.25) is 0 Å². The van der Waals surface area contributed by atoms with Crippen molar-refractivity contribution in [2.75, 3.05) is 39.9 Å². The van der Waals surface area contributed by atoms with Gasteiger partial charge in [-0.2, -0.15) is 5.10 Å². The molecule has 24 heavy (non-hydrogen) atoms. The summed E-state index contributed by atoms with van der Waals surface area (Å²) in [4.78, 5) is 17.7. The van der Waals surface area contributed by atoms with Gasteiger partial charge < -0.3 is 9.64 Å². The van der Waals surface area contributed by atoms with Gasteiger partial charge in [-0.3, -0.25) is 14.4 Å². The maximum absolute atomic E-state index is 13.1. The lowest BCUT2D eigenvalue weighted by Gasteiger charge is -2.33. The number of rotatable bonds is 5. The quantitative estimate of drug-likeness (QED) is 0.822. The summed E-state index contributed by atoms with van der Waals surface area (Å²) in [6.45, 7) is 5.15. The summed E-state index contributed by atoms with van der Waals surface area (Å²) in [5.41, 5.74) is 0.983. The molecular formula is C18H30N4O2. The fourth-order valence-electron chi connectivity index (χ4n) is 4.23. The Kier molecular flexibility index (Phi) is 5.56. The van der Waals surface area contributed by atoms with E-state index in [2.05, 4.69) is 21.1 Å². The Hall–Kier alpha value is -1.40. The van der Waals surface area contributed by atoms with Crippen molar-refractivity contribution in [1.29, 1.82) is 0 Å². The standard InChI is InChI=1S/C18H30N4O2/c1-20-13-16(12-19-20)14-21-8-5-9-22(11-10-21)17(23)18(15-24-2)6-3-4-7-18/h12-13H,3-11,14-15H2,1-2H3. The lowest BCUT2D eigenvalue weighted by Crippen LogP contribution is -2.46. The van der Waals surface area contributed by atoms with Gasteiger partial charge >= 0.3 is 0 Å². The Labute approximate surface area is 144 Å². The molecule has 134 valence electrons. The van der Waals surface area contributed by atoms with E-state index in [0.717, 1.165) is 64.8 Å². The molecule has 6 heteroatoms. The number of methoxy groups -OCH3 is 1. The van der Waals surface area contributed by atoms with E-state index < -0.39 is 0 Å². The van der Waals surface area contributed by atoms with Crippen molar-refractivity contribution in [3.8, 4) is 0 Å². The number of carbonyl (C=O) groups excluding carboxylic acids is 1. The molecule has 2 fully saturated rings. The van der Waals surface area contributed by atoms with Crippen LogP contribution in [0.15, 0.2) is 12.4 Å². The molecule has 0 radical (unpaired) electrons. The molecule has 0 spiro atoms. The molecule has 3 rings (SSSR count). The van der Waals surface area contributed by atoms with E-state index in [1.54, 1.807) is 7.11 Å². The van der Waals surface area contributed by atoms with Crippen LogP contribution in [-0.2, 0) is 23.1 Å². The molecule has 0 atom stereocenters.